The summed E-state index contributed by atoms with van der Waals surface area (Å²) in [6.07, 6.45) is 4.72. The standard InChI is InChI=1S/C30H34N2O6/c1-3-18-38-25-13-11-23(21-26(25)37-4-2)28-27(24(33)12-10-22-8-6-5-7-9-22)29(34)30(35)32(28)15-14-31-16-19-36-20-17-31/h3,5-13,21,28,34H,1,4,14-20H2,2H3/b12-10+. The lowest BCUT2D eigenvalue weighted by Gasteiger charge is -2.31. The number of rotatable bonds is 12. The van der Waals surface area contributed by atoms with E-state index in [4.69, 9.17) is 14.2 Å². The number of allylic oxidation sites excluding steroid dienone is 1. The minimum atomic E-state index is -0.774. The summed E-state index contributed by atoms with van der Waals surface area (Å²) in [7, 11) is 0. The van der Waals surface area contributed by atoms with Crippen LogP contribution in [0.25, 0.3) is 6.08 Å². The second-order valence-corrected chi connectivity index (χ2v) is 8.96. The highest BCUT2D eigenvalue weighted by Crippen LogP contribution is 2.41. The first-order chi connectivity index (χ1) is 18.5. The van der Waals surface area contributed by atoms with Crippen molar-refractivity contribution in [2.24, 2.45) is 0 Å². The van der Waals surface area contributed by atoms with E-state index < -0.39 is 23.5 Å². The number of amides is 1. The Morgan fingerprint density at radius 3 is 2.58 bits per heavy atom. The maximum Gasteiger partial charge on any atom is 0.290 e. The third-order valence-corrected chi connectivity index (χ3v) is 6.50. The highest BCUT2D eigenvalue weighted by molar-refractivity contribution is 6.14. The Kier molecular flexibility index (Phi) is 9.35. The van der Waals surface area contributed by atoms with E-state index in [1.54, 1.807) is 35.3 Å². The van der Waals surface area contributed by atoms with Gasteiger partial charge in [0.2, 0.25) is 0 Å². The lowest BCUT2D eigenvalue weighted by Crippen LogP contribution is -2.43. The SMILES string of the molecule is C=CCOc1ccc(C2C(C(=O)/C=C/c3ccccc3)=C(O)C(=O)N2CCN2CCOCC2)cc1OCC. The average molecular weight is 519 g/mol. The molecule has 2 aliphatic rings. The van der Waals surface area contributed by atoms with Crippen LogP contribution in [-0.4, -0.2) is 79.2 Å². The number of ketones is 1. The van der Waals surface area contributed by atoms with Gasteiger partial charge in [-0.05, 0) is 36.3 Å². The van der Waals surface area contributed by atoms with Crippen molar-refractivity contribution in [2.75, 3.05) is 52.6 Å². The molecule has 1 saturated heterocycles. The number of aliphatic hydroxyl groups excluding tert-OH is 1. The van der Waals surface area contributed by atoms with E-state index in [9.17, 15) is 14.7 Å². The molecule has 1 amide bonds. The number of hydrogen-bond donors (Lipinski definition) is 1. The van der Waals surface area contributed by atoms with Crippen molar-refractivity contribution in [3.63, 3.8) is 0 Å². The molecular weight excluding hydrogens is 484 g/mol. The maximum atomic E-state index is 13.5. The number of morpholine rings is 1. The molecule has 1 atom stereocenters. The summed E-state index contributed by atoms with van der Waals surface area (Å²) in [5.74, 6) is -0.493. The fourth-order valence-electron chi connectivity index (χ4n) is 4.61. The van der Waals surface area contributed by atoms with E-state index in [1.165, 1.54) is 6.08 Å². The first-order valence-electron chi connectivity index (χ1n) is 12.9. The predicted octanol–water partition coefficient (Wildman–Crippen LogP) is 3.96. The Morgan fingerprint density at radius 2 is 1.87 bits per heavy atom. The summed E-state index contributed by atoms with van der Waals surface area (Å²) >= 11 is 0. The summed E-state index contributed by atoms with van der Waals surface area (Å²) in [5, 5.41) is 10.9. The Labute approximate surface area is 223 Å². The monoisotopic (exact) mass is 518 g/mol. The van der Waals surface area contributed by atoms with Crippen LogP contribution in [0.1, 0.15) is 24.1 Å². The Morgan fingerprint density at radius 1 is 1.11 bits per heavy atom. The van der Waals surface area contributed by atoms with Crippen molar-refractivity contribution < 1.29 is 28.9 Å². The molecule has 1 N–H and O–H groups in total. The van der Waals surface area contributed by atoms with Crippen molar-refractivity contribution in [3.8, 4) is 11.5 Å². The van der Waals surface area contributed by atoms with Gasteiger partial charge in [-0.25, -0.2) is 0 Å². The van der Waals surface area contributed by atoms with Crippen molar-refractivity contribution in [3.05, 3.63) is 89.7 Å². The fourth-order valence-corrected chi connectivity index (χ4v) is 4.61. The second-order valence-electron chi connectivity index (χ2n) is 8.96. The zero-order chi connectivity index (χ0) is 26.9. The van der Waals surface area contributed by atoms with E-state index >= 15 is 0 Å². The molecule has 200 valence electrons. The molecule has 0 aliphatic carbocycles. The topological polar surface area (TPSA) is 88.5 Å². The van der Waals surface area contributed by atoms with Gasteiger partial charge in [-0.2, -0.15) is 0 Å². The summed E-state index contributed by atoms with van der Waals surface area (Å²) < 4.78 is 17.0. The van der Waals surface area contributed by atoms with Gasteiger partial charge in [0, 0.05) is 26.2 Å². The number of aliphatic hydroxyl groups is 1. The molecule has 2 aromatic rings. The molecule has 2 aromatic carbocycles. The lowest BCUT2D eigenvalue weighted by molar-refractivity contribution is -0.129. The van der Waals surface area contributed by atoms with Crippen LogP contribution in [0.4, 0.5) is 0 Å². The largest absolute Gasteiger partial charge is 0.503 e. The first kappa shape index (κ1) is 27.2. The molecule has 0 radical (unpaired) electrons. The molecule has 2 aliphatic heterocycles. The highest BCUT2D eigenvalue weighted by atomic mass is 16.5. The minimum Gasteiger partial charge on any atom is -0.503 e. The van der Waals surface area contributed by atoms with Crippen molar-refractivity contribution in [1.82, 2.24) is 9.80 Å². The third kappa shape index (κ3) is 6.33. The van der Waals surface area contributed by atoms with Crippen LogP contribution in [-0.2, 0) is 14.3 Å². The molecule has 8 heteroatoms. The highest BCUT2D eigenvalue weighted by Gasteiger charge is 2.43. The van der Waals surface area contributed by atoms with Crippen LogP contribution in [0, 0.1) is 0 Å². The van der Waals surface area contributed by atoms with Gasteiger partial charge in [0.1, 0.15) is 6.61 Å². The van der Waals surface area contributed by atoms with Crippen molar-refractivity contribution in [2.45, 2.75) is 13.0 Å². The molecule has 0 aromatic heterocycles. The van der Waals surface area contributed by atoms with Crippen LogP contribution in [0.5, 0.6) is 11.5 Å². The average Bonchev–Trinajstić information content (AvgIpc) is 3.20. The van der Waals surface area contributed by atoms with E-state index in [1.807, 2.05) is 37.3 Å². The lowest BCUT2D eigenvalue weighted by atomic mass is 9.95. The van der Waals surface area contributed by atoms with Gasteiger partial charge in [-0.3, -0.25) is 14.5 Å². The minimum absolute atomic E-state index is 0.0476. The first-order valence-corrected chi connectivity index (χ1v) is 12.9. The number of ether oxygens (including phenoxy) is 3. The molecular formula is C30H34N2O6. The van der Waals surface area contributed by atoms with Crippen molar-refractivity contribution in [1.29, 1.82) is 0 Å². The molecule has 1 unspecified atom stereocenters. The van der Waals surface area contributed by atoms with E-state index in [0.29, 0.717) is 56.6 Å². The van der Waals surface area contributed by atoms with Gasteiger partial charge in [0.05, 0.1) is 31.4 Å². The van der Waals surface area contributed by atoms with E-state index in [0.717, 1.165) is 18.7 Å². The zero-order valence-corrected chi connectivity index (χ0v) is 21.7. The van der Waals surface area contributed by atoms with Crippen LogP contribution in [0.15, 0.2) is 78.6 Å². The summed E-state index contributed by atoms with van der Waals surface area (Å²) in [6, 6.07) is 13.9. The number of hydrogen-bond acceptors (Lipinski definition) is 7. The molecule has 0 bridgehead atoms. The smallest absolute Gasteiger partial charge is 0.290 e. The fraction of sp³-hybridized carbons (Fsp3) is 0.333. The molecule has 4 rings (SSSR count). The Bertz CT molecular complexity index is 1200. The summed E-state index contributed by atoms with van der Waals surface area (Å²) in [5.41, 5.74) is 1.54. The molecule has 1 fully saturated rings. The van der Waals surface area contributed by atoms with Gasteiger partial charge >= 0.3 is 0 Å². The molecule has 0 saturated carbocycles. The summed E-state index contributed by atoms with van der Waals surface area (Å²) in [4.78, 5) is 30.5. The van der Waals surface area contributed by atoms with Gasteiger partial charge in [0.25, 0.3) is 5.91 Å². The number of carbonyl (C=O) groups excluding carboxylic acids is 2. The van der Waals surface area contributed by atoms with Crippen LogP contribution in [0.2, 0.25) is 0 Å². The van der Waals surface area contributed by atoms with Gasteiger partial charge < -0.3 is 24.2 Å². The van der Waals surface area contributed by atoms with E-state index in [-0.39, 0.29) is 5.57 Å². The zero-order valence-electron chi connectivity index (χ0n) is 21.7. The number of nitrogens with zero attached hydrogens (tertiary/aromatic N) is 2. The van der Waals surface area contributed by atoms with Crippen molar-refractivity contribution >= 4 is 17.8 Å². The van der Waals surface area contributed by atoms with Gasteiger partial charge in [0.15, 0.2) is 23.0 Å². The van der Waals surface area contributed by atoms with Crippen LogP contribution >= 0.6 is 0 Å². The Balaban J connectivity index is 1.68. The maximum absolute atomic E-state index is 13.5. The molecule has 8 nitrogen and oxygen atoms in total. The van der Waals surface area contributed by atoms with Crippen LogP contribution < -0.4 is 9.47 Å². The molecule has 0 spiro atoms. The van der Waals surface area contributed by atoms with E-state index in [2.05, 4.69) is 11.5 Å². The molecule has 38 heavy (non-hydrogen) atoms. The van der Waals surface area contributed by atoms with Crippen LogP contribution in [0.3, 0.4) is 0 Å². The predicted molar refractivity (Wildman–Crippen MR) is 145 cm³/mol. The number of benzene rings is 2. The number of carbonyl (C=O) groups is 2. The second kappa shape index (κ2) is 13.1. The van der Waals surface area contributed by atoms with Gasteiger partial charge in [-0.15, -0.1) is 0 Å². The normalized spacial score (nSPS) is 18.3. The molecule has 2 heterocycles. The van der Waals surface area contributed by atoms with Gasteiger partial charge in [-0.1, -0.05) is 55.1 Å². The Hall–Kier alpha value is -3.88. The third-order valence-electron chi connectivity index (χ3n) is 6.50. The summed E-state index contributed by atoms with van der Waals surface area (Å²) in [6.45, 7) is 10.0. The quantitative estimate of drug-likeness (QED) is 0.336.